The van der Waals surface area contributed by atoms with E-state index in [1.165, 1.54) is 8.66 Å². The summed E-state index contributed by atoms with van der Waals surface area (Å²) in [4.78, 5) is 3.83. The van der Waals surface area contributed by atoms with Gasteiger partial charge in [0.25, 0.3) is 0 Å². The van der Waals surface area contributed by atoms with Gasteiger partial charge in [0, 0.05) is 17.5 Å². The molecule has 3 heteroatoms. The summed E-state index contributed by atoms with van der Waals surface area (Å²) in [5, 5.41) is 0. The highest BCUT2D eigenvalue weighted by Gasteiger charge is 2.23. The van der Waals surface area contributed by atoms with Gasteiger partial charge in [-0.25, -0.2) is 0 Å². The second-order valence-electron chi connectivity index (χ2n) is 5.16. The molecule has 0 aliphatic carbocycles. The van der Waals surface area contributed by atoms with Crippen molar-refractivity contribution in [2.45, 2.75) is 40.3 Å². The van der Waals surface area contributed by atoms with Gasteiger partial charge >= 0.3 is 0 Å². The van der Waals surface area contributed by atoms with Crippen molar-refractivity contribution in [3.05, 3.63) is 20.8 Å². The molecule has 0 bridgehead atoms. The topological polar surface area (TPSA) is 3.24 Å². The summed E-state index contributed by atoms with van der Waals surface area (Å²) in [5.41, 5.74) is 0.337. The summed E-state index contributed by atoms with van der Waals surface area (Å²) in [7, 11) is 2.20. The maximum Gasteiger partial charge on any atom is 0.0701 e. The van der Waals surface area contributed by atoms with E-state index in [9.17, 15) is 0 Å². The fourth-order valence-electron chi connectivity index (χ4n) is 1.48. The maximum absolute atomic E-state index is 3.50. The van der Waals surface area contributed by atoms with Crippen molar-refractivity contribution in [1.82, 2.24) is 4.90 Å². The van der Waals surface area contributed by atoms with E-state index in [-0.39, 0.29) is 0 Å². The summed E-state index contributed by atoms with van der Waals surface area (Å²) in [6.07, 6.45) is 0. The Bertz CT molecular complexity index is 314. The Morgan fingerprint density at radius 2 is 2.00 bits per heavy atom. The first-order valence-electron chi connectivity index (χ1n) is 5.25. The third-order valence-electron chi connectivity index (χ3n) is 2.95. The molecule has 1 rings (SSSR count). The highest BCUT2D eigenvalue weighted by molar-refractivity contribution is 9.11. The van der Waals surface area contributed by atoms with Crippen LogP contribution in [0.15, 0.2) is 15.9 Å². The van der Waals surface area contributed by atoms with Crippen LogP contribution in [-0.4, -0.2) is 18.0 Å². The van der Waals surface area contributed by atoms with Crippen LogP contribution in [0.3, 0.4) is 0 Å². The Hall–Kier alpha value is 0.140. The SMILES string of the molecule is CC(N(C)Cc1ccc(Br)s1)C(C)(C)C. The normalized spacial score (nSPS) is 14.6. The highest BCUT2D eigenvalue weighted by atomic mass is 79.9. The summed E-state index contributed by atoms with van der Waals surface area (Å²) in [6, 6.07) is 4.90. The van der Waals surface area contributed by atoms with Crippen LogP contribution in [0.25, 0.3) is 0 Å². The molecule has 1 aromatic rings. The molecular weight excluding hydrogens is 270 g/mol. The van der Waals surface area contributed by atoms with E-state index in [0.717, 1.165) is 6.54 Å². The zero-order valence-electron chi connectivity index (χ0n) is 10.2. The van der Waals surface area contributed by atoms with Crippen LogP contribution in [0.1, 0.15) is 32.6 Å². The van der Waals surface area contributed by atoms with Crippen LogP contribution < -0.4 is 0 Å². The number of halogens is 1. The predicted molar refractivity (Wildman–Crippen MR) is 72.4 cm³/mol. The number of rotatable bonds is 3. The largest absolute Gasteiger partial charge is 0.298 e. The van der Waals surface area contributed by atoms with Gasteiger partial charge in [0.05, 0.1) is 3.79 Å². The van der Waals surface area contributed by atoms with Crippen LogP contribution in [0.5, 0.6) is 0 Å². The molecule has 0 spiro atoms. The predicted octanol–water partition coefficient (Wildman–Crippen LogP) is 4.38. The fourth-order valence-corrected chi connectivity index (χ4v) is 3.03. The molecule has 1 aromatic heterocycles. The summed E-state index contributed by atoms with van der Waals surface area (Å²) >= 11 is 5.32. The Morgan fingerprint density at radius 3 is 2.40 bits per heavy atom. The van der Waals surface area contributed by atoms with Crippen molar-refractivity contribution in [2.75, 3.05) is 7.05 Å². The molecule has 0 saturated carbocycles. The van der Waals surface area contributed by atoms with Gasteiger partial charge < -0.3 is 0 Å². The van der Waals surface area contributed by atoms with E-state index >= 15 is 0 Å². The minimum absolute atomic E-state index is 0.337. The molecule has 0 amide bonds. The molecule has 0 saturated heterocycles. The van der Waals surface area contributed by atoms with Crippen molar-refractivity contribution in [2.24, 2.45) is 5.41 Å². The van der Waals surface area contributed by atoms with Gasteiger partial charge in [-0.2, -0.15) is 0 Å². The van der Waals surface area contributed by atoms with Gasteiger partial charge in [-0.05, 0) is 47.4 Å². The molecule has 0 fully saturated rings. The molecule has 1 heterocycles. The second kappa shape index (κ2) is 4.98. The Labute approximate surface area is 106 Å². The van der Waals surface area contributed by atoms with Crippen LogP contribution in [0.2, 0.25) is 0 Å². The summed E-state index contributed by atoms with van der Waals surface area (Å²) in [6.45, 7) is 10.2. The zero-order chi connectivity index (χ0) is 11.6. The highest BCUT2D eigenvalue weighted by Crippen LogP contribution is 2.27. The monoisotopic (exact) mass is 289 g/mol. The van der Waals surface area contributed by atoms with Gasteiger partial charge in [-0.3, -0.25) is 4.90 Å². The standard InChI is InChI=1S/C12H20BrNS/c1-9(12(2,3)4)14(5)8-10-6-7-11(13)15-10/h6-7,9H,8H2,1-5H3. The third-order valence-corrected chi connectivity index (χ3v) is 4.56. The molecule has 1 unspecified atom stereocenters. The second-order valence-corrected chi connectivity index (χ2v) is 7.71. The molecule has 1 atom stereocenters. The first-order valence-corrected chi connectivity index (χ1v) is 6.86. The van der Waals surface area contributed by atoms with E-state index < -0.39 is 0 Å². The van der Waals surface area contributed by atoms with E-state index in [4.69, 9.17) is 0 Å². The van der Waals surface area contributed by atoms with Gasteiger partial charge in [0.15, 0.2) is 0 Å². The van der Waals surface area contributed by atoms with Gasteiger partial charge in [0.2, 0.25) is 0 Å². The molecule has 86 valence electrons. The number of thiophene rings is 1. The van der Waals surface area contributed by atoms with Crippen molar-refractivity contribution in [3.8, 4) is 0 Å². The average Bonchev–Trinajstić information content (AvgIpc) is 2.48. The lowest BCUT2D eigenvalue weighted by molar-refractivity contribution is 0.136. The molecule has 0 aromatic carbocycles. The minimum atomic E-state index is 0.337. The van der Waals surface area contributed by atoms with Crippen molar-refractivity contribution in [1.29, 1.82) is 0 Å². The van der Waals surface area contributed by atoms with Gasteiger partial charge in [-0.15, -0.1) is 11.3 Å². The maximum atomic E-state index is 3.50. The summed E-state index contributed by atoms with van der Waals surface area (Å²) < 4.78 is 1.22. The fraction of sp³-hybridized carbons (Fsp3) is 0.667. The summed E-state index contributed by atoms with van der Waals surface area (Å²) in [5.74, 6) is 0. The first-order chi connectivity index (χ1) is 6.80. The lowest BCUT2D eigenvalue weighted by atomic mass is 9.87. The van der Waals surface area contributed by atoms with E-state index in [2.05, 4.69) is 67.7 Å². The Kier molecular flexibility index (Phi) is 4.38. The third kappa shape index (κ3) is 3.89. The number of nitrogens with zero attached hydrogens (tertiary/aromatic N) is 1. The Morgan fingerprint density at radius 1 is 1.40 bits per heavy atom. The van der Waals surface area contributed by atoms with E-state index in [1.54, 1.807) is 0 Å². The van der Waals surface area contributed by atoms with Crippen LogP contribution >= 0.6 is 27.3 Å². The number of hydrogen-bond donors (Lipinski definition) is 0. The molecule has 1 nitrogen and oxygen atoms in total. The molecule has 0 N–H and O–H groups in total. The van der Waals surface area contributed by atoms with Crippen molar-refractivity contribution in [3.63, 3.8) is 0 Å². The quantitative estimate of drug-likeness (QED) is 0.798. The van der Waals surface area contributed by atoms with Crippen LogP contribution in [0.4, 0.5) is 0 Å². The smallest absolute Gasteiger partial charge is 0.0701 e. The molecule has 0 radical (unpaired) electrons. The number of hydrogen-bond acceptors (Lipinski definition) is 2. The minimum Gasteiger partial charge on any atom is -0.298 e. The van der Waals surface area contributed by atoms with E-state index in [0.29, 0.717) is 11.5 Å². The first kappa shape index (κ1) is 13.2. The molecular formula is C12H20BrNS. The van der Waals surface area contributed by atoms with Crippen LogP contribution in [-0.2, 0) is 6.54 Å². The van der Waals surface area contributed by atoms with Gasteiger partial charge in [0.1, 0.15) is 0 Å². The van der Waals surface area contributed by atoms with Crippen molar-refractivity contribution < 1.29 is 0 Å². The zero-order valence-corrected chi connectivity index (χ0v) is 12.6. The lowest BCUT2D eigenvalue weighted by Crippen LogP contribution is -2.38. The van der Waals surface area contributed by atoms with Crippen LogP contribution in [0, 0.1) is 5.41 Å². The Balaban J connectivity index is 2.59. The molecule has 0 aliphatic heterocycles. The molecule has 15 heavy (non-hydrogen) atoms. The average molecular weight is 290 g/mol. The van der Waals surface area contributed by atoms with E-state index in [1.807, 2.05) is 11.3 Å². The van der Waals surface area contributed by atoms with Gasteiger partial charge in [-0.1, -0.05) is 20.8 Å². The lowest BCUT2D eigenvalue weighted by Gasteiger charge is -2.35. The van der Waals surface area contributed by atoms with Crippen molar-refractivity contribution >= 4 is 27.3 Å². The molecule has 0 aliphatic rings.